The van der Waals surface area contributed by atoms with E-state index in [0.29, 0.717) is 5.92 Å². The van der Waals surface area contributed by atoms with Crippen LogP contribution < -0.4 is 5.32 Å². The zero-order chi connectivity index (χ0) is 10.9. The van der Waals surface area contributed by atoms with Crippen LogP contribution >= 0.6 is 0 Å². The molecule has 2 N–H and O–H groups in total. The number of hydrogen-bond donors (Lipinski definition) is 2. The summed E-state index contributed by atoms with van der Waals surface area (Å²) in [4.78, 5) is 0. The highest BCUT2D eigenvalue weighted by Crippen LogP contribution is 2.44. The van der Waals surface area contributed by atoms with E-state index in [2.05, 4.69) is 31.0 Å². The quantitative estimate of drug-likeness (QED) is 0.577. The maximum absolute atomic E-state index is 9.25. The number of aliphatic hydroxyl groups excluding tert-OH is 1. The summed E-state index contributed by atoms with van der Waals surface area (Å²) in [5.74, 6) is 0.317. The molecule has 1 unspecified atom stereocenters. The zero-order valence-corrected chi connectivity index (χ0v) is 8.98. The second-order valence-corrected chi connectivity index (χ2v) is 4.14. The minimum atomic E-state index is -0.0994. The molecule has 1 aromatic carbocycles. The summed E-state index contributed by atoms with van der Waals surface area (Å²) < 4.78 is 0. The van der Waals surface area contributed by atoms with Gasteiger partial charge in [0.05, 0.1) is 18.2 Å². The van der Waals surface area contributed by atoms with Crippen LogP contribution in [-0.2, 0) is 5.54 Å². The van der Waals surface area contributed by atoms with Gasteiger partial charge in [-0.1, -0.05) is 43.3 Å². The SMILES string of the molecule is C=CC(C)[C@]1(c2ccccc2)N[C@@H]1CO. The Morgan fingerprint density at radius 2 is 2.20 bits per heavy atom. The van der Waals surface area contributed by atoms with Crippen LogP contribution in [0.4, 0.5) is 0 Å². The lowest BCUT2D eigenvalue weighted by Gasteiger charge is -2.20. The van der Waals surface area contributed by atoms with E-state index in [9.17, 15) is 5.11 Å². The van der Waals surface area contributed by atoms with Gasteiger partial charge in [-0.3, -0.25) is 5.32 Å². The van der Waals surface area contributed by atoms with E-state index in [1.54, 1.807) is 0 Å². The van der Waals surface area contributed by atoms with Gasteiger partial charge in [0.15, 0.2) is 0 Å². The van der Waals surface area contributed by atoms with Gasteiger partial charge in [-0.15, -0.1) is 6.58 Å². The smallest absolute Gasteiger partial charge is 0.0677 e. The normalized spacial score (nSPS) is 30.9. The fourth-order valence-electron chi connectivity index (χ4n) is 2.33. The number of benzene rings is 1. The molecule has 1 aliphatic heterocycles. The highest BCUT2D eigenvalue weighted by Gasteiger charge is 2.56. The molecular formula is C13H17NO. The number of nitrogens with one attached hydrogen (secondary N) is 1. The molecule has 0 amide bonds. The first-order valence-corrected chi connectivity index (χ1v) is 5.32. The van der Waals surface area contributed by atoms with Crippen LogP contribution in [0.5, 0.6) is 0 Å². The molecule has 0 aliphatic carbocycles. The van der Waals surface area contributed by atoms with Crippen LogP contribution in [0.25, 0.3) is 0 Å². The van der Waals surface area contributed by atoms with E-state index >= 15 is 0 Å². The lowest BCUT2D eigenvalue weighted by molar-refractivity contribution is 0.282. The Balaban J connectivity index is 2.34. The lowest BCUT2D eigenvalue weighted by atomic mass is 9.84. The summed E-state index contributed by atoms with van der Waals surface area (Å²) in [7, 11) is 0. The summed E-state index contributed by atoms with van der Waals surface area (Å²) >= 11 is 0. The summed E-state index contributed by atoms with van der Waals surface area (Å²) in [5.41, 5.74) is 1.13. The Morgan fingerprint density at radius 3 is 2.67 bits per heavy atom. The third-order valence-electron chi connectivity index (χ3n) is 3.39. The van der Waals surface area contributed by atoms with Gasteiger partial charge in [0.25, 0.3) is 0 Å². The molecule has 0 radical (unpaired) electrons. The van der Waals surface area contributed by atoms with Crippen molar-refractivity contribution in [3.05, 3.63) is 48.6 Å². The predicted octanol–water partition coefficient (Wildman–Crippen LogP) is 1.67. The first-order valence-electron chi connectivity index (χ1n) is 5.32. The van der Waals surface area contributed by atoms with Crippen molar-refractivity contribution < 1.29 is 5.11 Å². The second kappa shape index (κ2) is 3.80. The van der Waals surface area contributed by atoms with Crippen molar-refractivity contribution >= 4 is 0 Å². The Morgan fingerprint density at radius 1 is 1.53 bits per heavy atom. The Kier molecular flexibility index (Phi) is 2.63. The van der Waals surface area contributed by atoms with E-state index in [4.69, 9.17) is 0 Å². The molecule has 2 nitrogen and oxygen atoms in total. The third kappa shape index (κ3) is 1.50. The van der Waals surface area contributed by atoms with Crippen molar-refractivity contribution in [2.75, 3.05) is 6.61 Å². The van der Waals surface area contributed by atoms with Gasteiger partial charge >= 0.3 is 0 Å². The molecule has 2 heteroatoms. The van der Waals surface area contributed by atoms with E-state index < -0.39 is 0 Å². The van der Waals surface area contributed by atoms with Gasteiger partial charge in [-0.05, 0) is 11.5 Å². The molecule has 1 fully saturated rings. The Bertz CT molecular complexity index is 349. The van der Waals surface area contributed by atoms with Crippen LogP contribution in [-0.4, -0.2) is 17.8 Å². The van der Waals surface area contributed by atoms with Crippen molar-refractivity contribution in [1.82, 2.24) is 5.32 Å². The van der Waals surface area contributed by atoms with E-state index in [-0.39, 0.29) is 18.2 Å². The molecule has 2 rings (SSSR count). The average Bonchev–Trinajstić information content (AvgIpc) is 3.05. The van der Waals surface area contributed by atoms with Crippen LogP contribution in [0, 0.1) is 5.92 Å². The molecule has 1 saturated heterocycles. The van der Waals surface area contributed by atoms with Crippen molar-refractivity contribution in [1.29, 1.82) is 0 Å². The van der Waals surface area contributed by atoms with Gasteiger partial charge in [-0.2, -0.15) is 0 Å². The van der Waals surface area contributed by atoms with E-state index in [1.165, 1.54) is 5.56 Å². The highest BCUT2D eigenvalue weighted by atomic mass is 16.3. The third-order valence-corrected chi connectivity index (χ3v) is 3.39. The number of aliphatic hydroxyl groups is 1. The van der Waals surface area contributed by atoms with E-state index in [0.717, 1.165) is 0 Å². The molecule has 1 aliphatic rings. The molecule has 0 saturated carbocycles. The van der Waals surface area contributed by atoms with Crippen molar-refractivity contribution in [3.8, 4) is 0 Å². The van der Waals surface area contributed by atoms with Gasteiger partial charge in [0.2, 0.25) is 0 Å². The van der Waals surface area contributed by atoms with Crippen LogP contribution in [0.3, 0.4) is 0 Å². The Labute approximate surface area is 90.6 Å². The first kappa shape index (κ1) is 10.4. The van der Waals surface area contributed by atoms with Crippen molar-refractivity contribution in [2.24, 2.45) is 5.92 Å². The molecule has 0 spiro atoms. The second-order valence-electron chi connectivity index (χ2n) is 4.14. The van der Waals surface area contributed by atoms with Crippen LogP contribution in [0.15, 0.2) is 43.0 Å². The van der Waals surface area contributed by atoms with Crippen LogP contribution in [0.2, 0.25) is 0 Å². The average molecular weight is 203 g/mol. The van der Waals surface area contributed by atoms with Gasteiger partial charge in [0, 0.05) is 0 Å². The summed E-state index contributed by atoms with van der Waals surface area (Å²) in [6, 6.07) is 10.4. The largest absolute Gasteiger partial charge is 0.395 e. The first-order chi connectivity index (χ1) is 7.25. The van der Waals surface area contributed by atoms with Crippen molar-refractivity contribution in [3.63, 3.8) is 0 Å². The standard InChI is InChI=1S/C13H17NO/c1-3-10(2)13(12(9-15)14-13)11-7-5-4-6-8-11/h3-8,10,12,14-15H,1,9H2,2H3/t10?,12-,13-/m1/s1. The topological polar surface area (TPSA) is 42.2 Å². The minimum Gasteiger partial charge on any atom is -0.395 e. The fourth-order valence-corrected chi connectivity index (χ4v) is 2.33. The maximum atomic E-state index is 9.25. The number of hydrogen-bond acceptors (Lipinski definition) is 2. The summed E-state index contributed by atoms with van der Waals surface area (Å²) in [5, 5.41) is 12.6. The molecule has 15 heavy (non-hydrogen) atoms. The molecule has 1 aromatic rings. The summed E-state index contributed by atoms with van der Waals surface area (Å²) in [6.45, 7) is 6.14. The van der Waals surface area contributed by atoms with Crippen molar-refractivity contribution in [2.45, 2.75) is 18.5 Å². The molecular weight excluding hydrogens is 186 g/mol. The van der Waals surface area contributed by atoms with Crippen LogP contribution in [0.1, 0.15) is 12.5 Å². The maximum Gasteiger partial charge on any atom is 0.0677 e. The van der Waals surface area contributed by atoms with Gasteiger partial charge < -0.3 is 5.11 Å². The fraction of sp³-hybridized carbons (Fsp3) is 0.385. The molecule has 3 atom stereocenters. The van der Waals surface area contributed by atoms with Gasteiger partial charge in [0.1, 0.15) is 0 Å². The monoisotopic (exact) mass is 203 g/mol. The predicted molar refractivity (Wildman–Crippen MR) is 61.5 cm³/mol. The van der Waals surface area contributed by atoms with E-state index in [1.807, 2.05) is 24.3 Å². The molecule has 0 bridgehead atoms. The lowest BCUT2D eigenvalue weighted by Crippen LogP contribution is -2.24. The van der Waals surface area contributed by atoms with Gasteiger partial charge in [-0.25, -0.2) is 0 Å². The zero-order valence-electron chi connectivity index (χ0n) is 8.98. The Hall–Kier alpha value is -1.12. The molecule has 0 aromatic heterocycles. The minimum absolute atomic E-state index is 0.0994. The molecule has 80 valence electrons. The molecule has 1 heterocycles. The highest BCUT2D eigenvalue weighted by molar-refractivity contribution is 5.36. The number of rotatable bonds is 4. The summed E-state index contributed by atoms with van der Waals surface area (Å²) in [6.07, 6.45) is 1.94.